The summed E-state index contributed by atoms with van der Waals surface area (Å²) in [6.07, 6.45) is 1.09. The molecule has 1 aliphatic carbocycles. The molecular formula is C19H22FN. The van der Waals surface area contributed by atoms with Crippen molar-refractivity contribution < 1.29 is 4.39 Å². The van der Waals surface area contributed by atoms with Gasteiger partial charge in [0.25, 0.3) is 0 Å². The van der Waals surface area contributed by atoms with Gasteiger partial charge in [0.2, 0.25) is 0 Å². The Morgan fingerprint density at radius 1 is 1.10 bits per heavy atom. The molecule has 3 rings (SSSR count). The molecule has 1 nitrogen and oxygen atoms in total. The molecule has 0 saturated carbocycles. The molecule has 0 radical (unpaired) electrons. The number of benzene rings is 2. The molecule has 0 amide bonds. The topological polar surface area (TPSA) is 12.0 Å². The van der Waals surface area contributed by atoms with E-state index in [1.54, 1.807) is 0 Å². The third-order valence-electron chi connectivity index (χ3n) is 4.58. The lowest BCUT2D eigenvalue weighted by Gasteiger charge is -2.31. The van der Waals surface area contributed by atoms with Gasteiger partial charge in [-0.25, -0.2) is 4.39 Å². The Labute approximate surface area is 126 Å². The second kappa shape index (κ2) is 5.27. The molecule has 0 heterocycles. The second-order valence-electron chi connectivity index (χ2n) is 6.74. The summed E-state index contributed by atoms with van der Waals surface area (Å²) >= 11 is 0. The second-order valence-corrected chi connectivity index (χ2v) is 6.74. The highest BCUT2D eigenvalue weighted by atomic mass is 19.1. The van der Waals surface area contributed by atoms with Crippen molar-refractivity contribution in [3.63, 3.8) is 0 Å². The number of hydrogen-bond acceptors (Lipinski definition) is 1. The van der Waals surface area contributed by atoms with E-state index in [1.165, 1.54) is 23.3 Å². The fraction of sp³-hybridized carbons (Fsp3) is 0.368. The van der Waals surface area contributed by atoms with Gasteiger partial charge in [0.15, 0.2) is 0 Å². The van der Waals surface area contributed by atoms with Gasteiger partial charge in [-0.15, -0.1) is 0 Å². The third kappa shape index (κ3) is 2.73. The molecule has 0 aromatic heterocycles. The van der Waals surface area contributed by atoms with E-state index in [9.17, 15) is 4.39 Å². The van der Waals surface area contributed by atoms with Gasteiger partial charge in [-0.3, -0.25) is 0 Å². The van der Waals surface area contributed by atoms with Gasteiger partial charge in [0.1, 0.15) is 5.82 Å². The minimum Gasteiger partial charge on any atom is -0.303 e. The Kier molecular flexibility index (Phi) is 3.58. The molecule has 1 unspecified atom stereocenters. The predicted molar refractivity (Wildman–Crippen MR) is 84.6 cm³/mol. The zero-order chi connectivity index (χ0) is 15.0. The van der Waals surface area contributed by atoms with Crippen molar-refractivity contribution >= 4 is 0 Å². The first-order chi connectivity index (χ1) is 9.97. The summed E-state index contributed by atoms with van der Waals surface area (Å²) in [6.45, 7) is 6.76. The van der Waals surface area contributed by atoms with E-state index < -0.39 is 0 Å². The van der Waals surface area contributed by atoms with Crippen LogP contribution in [0.25, 0.3) is 0 Å². The number of rotatable bonds is 3. The van der Waals surface area contributed by atoms with Crippen LogP contribution in [0.4, 0.5) is 4.39 Å². The summed E-state index contributed by atoms with van der Waals surface area (Å²) < 4.78 is 13.1. The first kappa shape index (κ1) is 14.3. The molecule has 21 heavy (non-hydrogen) atoms. The highest BCUT2D eigenvalue weighted by molar-refractivity contribution is 5.38. The molecule has 110 valence electrons. The summed E-state index contributed by atoms with van der Waals surface area (Å²) in [5.41, 5.74) is 4.15. The smallest absolute Gasteiger partial charge is 0.123 e. The van der Waals surface area contributed by atoms with Crippen molar-refractivity contribution in [2.75, 3.05) is 0 Å². The summed E-state index contributed by atoms with van der Waals surface area (Å²) in [5.74, 6) is -0.183. The molecule has 0 saturated heterocycles. The lowest BCUT2D eigenvalue weighted by atomic mass is 9.84. The molecule has 2 heteroatoms. The van der Waals surface area contributed by atoms with Crippen LogP contribution in [0.1, 0.15) is 49.5 Å². The quantitative estimate of drug-likeness (QED) is 0.853. The fourth-order valence-electron chi connectivity index (χ4n) is 3.40. The first-order valence-corrected chi connectivity index (χ1v) is 7.57. The zero-order valence-corrected chi connectivity index (χ0v) is 12.9. The maximum absolute atomic E-state index is 13.1. The van der Waals surface area contributed by atoms with Crippen LogP contribution in [0.5, 0.6) is 0 Å². The van der Waals surface area contributed by atoms with Gasteiger partial charge in [0.05, 0.1) is 0 Å². The van der Waals surface area contributed by atoms with Crippen LogP contribution in [0, 0.1) is 11.2 Å². The van der Waals surface area contributed by atoms with Crippen LogP contribution in [-0.2, 0) is 6.42 Å². The largest absolute Gasteiger partial charge is 0.303 e. The Bertz CT molecular complexity index is 630. The van der Waals surface area contributed by atoms with E-state index in [-0.39, 0.29) is 17.3 Å². The van der Waals surface area contributed by atoms with Gasteiger partial charge >= 0.3 is 0 Å². The number of halogens is 1. The van der Waals surface area contributed by atoms with E-state index in [2.05, 4.69) is 50.4 Å². The standard InChI is InChI=1S/C19H22FN/c1-13(14-8-10-16(20)11-9-14)21-18-17-7-5-4-6-15(17)12-19(18,2)3/h4-11,13,18,21H,12H2,1-3H3/t13-,18?/m1/s1. The van der Waals surface area contributed by atoms with E-state index in [0.29, 0.717) is 6.04 Å². The predicted octanol–water partition coefficient (Wildman–Crippen LogP) is 4.80. The first-order valence-electron chi connectivity index (χ1n) is 7.57. The van der Waals surface area contributed by atoms with Gasteiger partial charge in [-0.05, 0) is 47.6 Å². The molecule has 0 spiro atoms. The third-order valence-corrected chi connectivity index (χ3v) is 4.58. The van der Waals surface area contributed by atoms with Crippen molar-refractivity contribution in [2.45, 2.75) is 39.3 Å². The van der Waals surface area contributed by atoms with Crippen LogP contribution in [0.15, 0.2) is 48.5 Å². The Hall–Kier alpha value is -1.67. The molecule has 2 aromatic rings. The van der Waals surface area contributed by atoms with Gasteiger partial charge in [-0.2, -0.15) is 0 Å². The number of hydrogen-bond donors (Lipinski definition) is 1. The van der Waals surface area contributed by atoms with E-state index in [1.807, 2.05) is 12.1 Å². The summed E-state index contributed by atoms with van der Waals surface area (Å²) in [6, 6.07) is 16.0. The van der Waals surface area contributed by atoms with Crippen molar-refractivity contribution in [2.24, 2.45) is 5.41 Å². The molecule has 2 atom stereocenters. The molecule has 0 fully saturated rings. The Morgan fingerprint density at radius 3 is 2.48 bits per heavy atom. The number of nitrogens with one attached hydrogen (secondary N) is 1. The Balaban J connectivity index is 1.85. The van der Waals surface area contributed by atoms with Crippen molar-refractivity contribution in [1.29, 1.82) is 0 Å². The molecular weight excluding hydrogens is 261 g/mol. The SMILES string of the molecule is C[C@@H](NC1c2ccccc2CC1(C)C)c1ccc(F)cc1. The molecule has 0 aliphatic heterocycles. The monoisotopic (exact) mass is 283 g/mol. The van der Waals surface area contributed by atoms with Gasteiger partial charge < -0.3 is 5.32 Å². The minimum absolute atomic E-state index is 0.183. The van der Waals surface area contributed by atoms with E-state index >= 15 is 0 Å². The normalized spacial score (nSPS) is 21.0. The van der Waals surface area contributed by atoms with Crippen molar-refractivity contribution in [3.05, 3.63) is 71.0 Å². The Morgan fingerprint density at radius 2 is 1.76 bits per heavy atom. The van der Waals surface area contributed by atoms with Crippen LogP contribution in [0.3, 0.4) is 0 Å². The van der Waals surface area contributed by atoms with Crippen LogP contribution >= 0.6 is 0 Å². The molecule has 1 aliphatic rings. The number of fused-ring (bicyclic) bond motifs is 1. The van der Waals surface area contributed by atoms with Crippen LogP contribution in [-0.4, -0.2) is 0 Å². The maximum Gasteiger partial charge on any atom is 0.123 e. The lowest BCUT2D eigenvalue weighted by Crippen LogP contribution is -2.33. The minimum atomic E-state index is -0.183. The molecule has 1 N–H and O–H groups in total. The lowest BCUT2D eigenvalue weighted by molar-refractivity contribution is 0.252. The van der Waals surface area contributed by atoms with E-state index in [4.69, 9.17) is 0 Å². The molecule has 0 bridgehead atoms. The summed E-state index contributed by atoms with van der Waals surface area (Å²) in [7, 11) is 0. The average molecular weight is 283 g/mol. The molecule has 2 aromatic carbocycles. The average Bonchev–Trinajstić information content (AvgIpc) is 2.70. The summed E-state index contributed by atoms with van der Waals surface area (Å²) in [4.78, 5) is 0. The highest BCUT2D eigenvalue weighted by Gasteiger charge is 2.39. The van der Waals surface area contributed by atoms with Crippen LogP contribution < -0.4 is 5.32 Å². The van der Waals surface area contributed by atoms with E-state index in [0.717, 1.165) is 12.0 Å². The maximum atomic E-state index is 13.1. The van der Waals surface area contributed by atoms with Crippen LogP contribution in [0.2, 0.25) is 0 Å². The zero-order valence-electron chi connectivity index (χ0n) is 12.9. The van der Waals surface area contributed by atoms with Crippen molar-refractivity contribution in [1.82, 2.24) is 5.32 Å². The van der Waals surface area contributed by atoms with Gasteiger partial charge in [-0.1, -0.05) is 50.2 Å². The highest BCUT2D eigenvalue weighted by Crippen LogP contribution is 2.45. The fourth-order valence-corrected chi connectivity index (χ4v) is 3.40. The van der Waals surface area contributed by atoms with Crippen molar-refractivity contribution in [3.8, 4) is 0 Å². The summed E-state index contributed by atoms with van der Waals surface area (Å²) in [5, 5.41) is 3.74. The van der Waals surface area contributed by atoms with Gasteiger partial charge in [0, 0.05) is 12.1 Å².